The van der Waals surface area contributed by atoms with Gasteiger partial charge in [-0.3, -0.25) is 4.90 Å². The van der Waals surface area contributed by atoms with Crippen molar-refractivity contribution in [3.63, 3.8) is 0 Å². The molecule has 0 amide bonds. The molecule has 1 aliphatic rings. The third-order valence-corrected chi connectivity index (χ3v) is 5.72. The molecule has 20 heavy (non-hydrogen) atoms. The number of sulfone groups is 1. The van der Waals surface area contributed by atoms with E-state index in [-0.39, 0.29) is 11.5 Å². The SMILES string of the molecule is CCS(=O)(=O)CCN1Cc2ccccc2CC1CNC. The van der Waals surface area contributed by atoms with Crippen molar-refractivity contribution < 1.29 is 8.42 Å². The van der Waals surface area contributed by atoms with Gasteiger partial charge in [-0.1, -0.05) is 31.2 Å². The van der Waals surface area contributed by atoms with Crippen molar-refractivity contribution >= 4 is 9.84 Å². The van der Waals surface area contributed by atoms with Gasteiger partial charge in [0.25, 0.3) is 0 Å². The molecule has 4 nitrogen and oxygen atoms in total. The van der Waals surface area contributed by atoms with Crippen LogP contribution in [-0.4, -0.2) is 51.0 Å². The normalized spacial score (nSPS) is 19.8. The highest BCUT2D eigenvalue weighted by Gasteiger charge is 2.26. The Morgan fingerprint density at radius 3 is 2.65 bits per heavy atom. The van der Waals surface area contributed by atoms with E-state index in [1.165, 1.54) is 11.1 Å². The minimum Gasteiger partial charge on any atom is -0.318 e. The van der Waals surface area contributed by atoms with Gasteiger partial charge in [0.05, 0.1) is 5.75 Å². The summed E-state index contributed by atoms with van der Waals surface area (Å²) in [6, 6.07) is 8.83. The summed E-state index contributed by atoms with van der Waals surface area (Å²) in [5.41, 5.74) is 2.72. The number of fused-ring (bicyclic) bond motifs is 1. The summed E-state index contributed by atoms with van der Waals surface area (Å²) in [5.74, 6) is 0.486. The molecule has 2 rings (SSSR count). The molecule has 0 aliphatic carbocycles. The second-order valence-corrected chi connectivity index (χ2v) is 7.86. The van der Waals surface area contributed by atoms with Crippen molar-refractivity contribution in [2.45, 2.75) is 25.9 Å². The predicted molar refractivity (Wildman–Crippen MR) is 82.6 cm³/mol. The smallest absolute Gasteiger partial charge is 0.151 e. The molecule has 1 atom stereocenters. The van der Waals surface area contributed by atoms with Gasteiger partial charge in [-0.2, -0.15) is 0 Å². The first kappa shape index (κ1) is 15.5. The summed E-state index contributed by atoms with van der Waals surface area (Å²) < 4.78 is 23.4. The molecule has 5 heteroatoms. The van der Waals surface area contributed by atoms with Gasteiger partial charge in [0.2, 0.25) is 0 Å². The van der Waals surface area contributed by atoms with Gasteiger partial charge in [-0.05, 0) is 24.6 Å². The molecule has 1 aromatic rings. The van der Waals surface area contributed by atoms with Gasteiger partial charge in [0.15, 0.2) is 9.84 Å². The number of rotatable bonds is 6. The Morgan fingerprint density at radius 1 is 1.30 bits per heavy atom. The van der Waals surface area contributed by atoms with Gasteiger partial charge in [-0.15, -0.1) is 0 Å². The van der Waals surface area contributed by atoms with Crippen LogP contribution in [-0.2, 0) is 22.8 Å². The van der Waals surface area contributed by atoms with E-state index in [1.807, 2.05) is 7.05 Å². The fourth-order valence-electron chi connectivity index (χ4n) is 2.74. The monoisotopic (exact) mass is 296 g/mol. The van der Waals surface area contributed by atoms with Crippen LogP contribution in [0.2, 0.25) is 0 Å². The molecule has 1 aliphatic heterocycles. The van der Waals surface area contributed by atoms with Gasteiger partial charge in [-0.25, -0.2) is 8.42 Å². The molecule has 1 heterocycles. The molecular formula is C15H24N2O2S. The maximum atomic E-state index is 11.7. The highest BCUT2D eigenvalue weighted by molar-refractivity contribution is 7.91. The van der Waals surface area contributed by atoms with Crippen LogP contribution in [0.15, 0.2) is 24.3 Å². The van der Waals surface area contributed by atoms with Crippen LogP contribution < -0.4 is 5.32 Å². The number of hydrogen-bond donors (Lipinski definition) is 1. The van der Waals surface area contributed by atoms with Crippen LogP contribution in [0, 0.1) is 0 Å². The van der Waals surface area contributed by atoms with Crippen molar-refractivity contribution in [2.24, 2.45) is 0 Å². The summed E-state index contributed by atoms with van der Waals surface area (Å²) in [6.45, 7) is 4.07. The first-order valence-electron chi connectivity index (χ1n) is 7.21. The zero-order chi connectivity index (χ0) is 14.6. The lowest BCUT2D eigenvalue weighted by Gasteiger charge is -2.36. The quantitative estimate of drug-likeness (QED) is 0.853. The summed E-state index contributed by atoms with van der Waals surface area (Å²) in [4.78, 5) is 2.30. The number of likely N-dealkylation sites (N-methyl/N-ethyl adjacent to an activating group) is 1. The Kier molecular flexibility index (Phi) is 5.18. The molecule has 0 saturated carbocycles. The number of hydrogen-bond acceptors (Lipinski definition) is 4. The van der Waals surface area contributed by atoms with E-state index in [0.717, 1.165) is 19.5 Å². The number of nitrogens with one attached hydrogen (secondary N) is 1. The Labute approximate surface area is 122 Å². The van der Waals surface area contributed by atoms with Crippen LogP contribution in [0.25, 0.3) is 0 Å². The number of benzene rings is 1. The Morgan fingerprint density at radius 2 is 2.00 bits per heavy atom. The minimum atomic E-state index is -2.90. The van der Waals surface area contributed by atoms with Gasteiger partial charge >= 0.3 is 0 Å². The Bertz CT molecular complexity index is 543. The van der Waals surface area contributed by atoms with E-state index in [2.05, 4.69) is 34.5 Å². The average Bonchev–Trinajstić information content (AvgIpc) is 2.45. The third kappa shape index (κ3) is 3.81. The zero-order valence-corrected chi connectivity index (χ0v) is 13.1. The van der Waals surface area contributed by atoms with Gasteiger partial charge in [0.1, 0.15) is 0 Å². The molecule has 112 valence electrons. The second kappa shape index (κ2) is 6.70. The summed E-state index contributed by atoms with van der Waals surface area (Å²) >= 11 is 0. The topological polar surface area (TPSA) is 49.4 Å². The molecule has 1 N–H and O–H groups in total. The van der Waals surface area contributed by atoms with E-state index in [4.69, 9.17) is 0 Å². The van der Waals surface area contributed by atoms with E-state index in [1.54, 1.807) is 6.92 Å². The molecule has 1 aromatic carbocycles. The third-order valence-electron chi connectivity index (χ3n) is 4.03. The van der Waals surface area contributed by atoms with Gasteiger partial charge in [0, 0.05) is 31.4 Å². The molecule has 0 radical (unpaired) electrons. The minimum absolute atomic E-state index is 0.230. The van der Waals surface area contributed by atoms with Crippen molar-refractivity contribution in [3.8, 4) is 0 Å². The fourth-order valence-corrected chi connectivity index (χ4v) is 3.54. The van der Waals surface area contributed by atoms with Gasteiger partial charge < -0.3 is 5.32 Å². The molecule has 0 saturated heterocycles. The lowest BCUT2D eigenvalue weighted by molar-refractivity contribution is 0.180. The lowest BCUT2D eigenvalue weighted by Crippen LogP contribution is -2.47. The van der Waals surface area contributed by atoms with Crippen LogP contribution in [0.3, 0.4) is 0 Å². The summed E-state index contributed by atoms with van der Waals surface area (Å²) in [7, 11) is -0.951. The number of nitrogens with zero attached hydrogens (tertiary/aromatic N) is 1. The molecule has 1 unspecified atom stereocenters. The fraction of sp³-hybridized carbons (Fsp3) is 0.600. The highest BCUT2D eigenvalue weighted by Crippen LogP contribution is 2.22. The van der Waals surface area contributed by atoms with Crippen molar-refractivity contribution in [2.75, 3.05) is 31.6 Å². The van der Waals surface area contributed by atoms with Crippen LogP contribution >= 0.6 is 0 Å². The average molecular weight is 296 g/mol. The maximum Gasteiger partial charge on any atom is 0.151 e. The highest BCUT2D eigenvalue weighted by atomic mass is 32.2. The van der Waals surface area contributed by atoms with Crippen molar-refractivity contribution in [1.29, 1.82) is 0 Å². The molecule has 0 spiro atoms. The zero-order valence-electron chi connectivity index (χ0n) is 12.3. The van der Waals surface area contributed by atoms with Crippen LogP contribution in [0.5, 0.6) is 0 Å². The molecule has 0 fully saturated rings. The van der Waals surface area contributed by atoms with Crippen LogP contribution in [0.4, 0.5) is 0 Å². The maximum absolute atomic E-state index is 11.7. The Balaban J connectivity index is 2.10. The largest absolute Gasteiger partial charge is 0.318 e. The van der Waals surface area contributed by atoms with E-state index < -0.39 is 9.84 Å². The van der Waals surface area contributed by atoms with Crippen molar-refractivity contribution in [3.05, 3.63) is 35.4 Å². The molecular weight excluding hydrogens is 272 g/mol. The van der Waals surface area contributed by atoms with Crippen LogP contribution in [0.1, 0.15) is 18.1 Å². The Hall–Kier alpha value is -0.910. The van der Waals surface area contributed by atoms with E-state index in [0.29, 0.717) is 12.6 Å². The first-order chi connectivity index (χ1) is 9.55. The molecule has 0 aromatic heterocycles. The molecule has 0 bridgehead atoms. The predicted octanol–water partition coefficient (Wildman–Crippen LogP) is 1.07. The van der Waals surface area contributed by atoms with E-state index in [9.17, 15) is 8.42 Å². The first-order valence-corrected chi connectivity index (χ1v) is 9.03. The second-order valence-electron chi connectivity index (χ2n) is 5.39. The summed E-state index contributed by atoms with van der Waals surface area (Å²) in [5, 5.41) is 3.22. The lowest BCUT2D eigenvalue weighted by atomic mass is 9.94. The van der Waals surface area contributed by atoms with E-state index >= 15 is 0 Å². The standard InChI is InChI=1S/C15H24N2O2S/c1-3-20(18,19)9-8-17-12-14-7-5-4-6-13(14)10-15(17)11-16-2/h4-7,15-16H,3,8-12H2,1-2H3. The van der Waals surface area contributed by atoms with Crippen molar-refractivity contribution in [1.82, 2.24) is 10.2 Å². The summed E-state index contributed by atoms with van der Waals surface area (Å²) in [6.07, 6.45) is 0.989.